The molecule has 2 amide bonds. The molecule has 14 nitrogen and oxygen atoms in total. The van der Waals surface area contributed by atoms with E-state index in [1.807, 2.05) is 0 Å². The Morgan fingerprint density at radius 3 is 1.48 bits per heavy atom. The van der Waals surface area contributed by atoms with Crippen molar-refractivity contribution in [2.75, 3.05) is 13.1 Å². The van der Waals surface area contributed by atoms with Gasteiger partial charge in [-0.1, -0.05) is 81.0 Å². The van der Waals surface area contributed by atoms with Gasteiger partial charge in [0.1, 0.15) is 0 Å². The molecule has 0 spiro atoms. The van der Waals surface area contributed by atoms with Crippen molar-refractivity contribution >= 4 is 48.9 Å². The van der Waals surface area contributed by atoms with Gasteiger partial charge in [0, 0.05) is 53.7 Å². The number of hydrogen-bond donors (Lipinski definition) is 4. The Labute approximate surface area is 312 Å². The third-order valence-corrected chi connectivity index (χ3v) is 8.90. The summed E-state index contributed by atoms with van der Waals surface area (Å²) < 4.78 is 0. The van der Waals surface area contributed by atoms with Gasteiger partial charge in [0.2, 0.25) is 0 Å². The molecule has 0 saturated carbocycles. The fraction of sp³-hybridized carbons (Fsp3) is 0.350. The average molecular weight is 745 g/mol. The van der Waals surface area contributed by atoms with Crippen LogP contribution in [0.15, 0.2) is 48.5 Å². The van der Waals surface area contributed by atoms with Crippen molar-refractivity contribution in [2.45, 2.75) is 77.0 Å². The number of carbonyl (C=O) groups is 8. The molecule has 0 bridgehead atoms. The van der Waals surface area contributed by atoms with Gasteiger partial charge in [0.15, 0.2) is 25.1 Å². The van der Waals surface area contributed by atoms with Crippen molar-refractivity contribution in [1.29, 1.82) is 0 Å². The van der Waals surface area contributed by atoms with Gasteiger partial charge in [-0.2, -0.15) is 10.5 Å². The lowest BCUT2D eigenvalue weighted by molar-refractivity contribution is -0.234. The lowest BCUT2D eigenvalue weighted by Gasteiger charge is -2.21. The molecule has 0 aliphatic heterocycles. The highest BCUT2D eigenvalue weighted by molar-refractivity contribution is 6.16. The summed E-state index contributed by atoms with van der Waals surface area (Å²) >= 11 is 0. The van der Waals surface area contributed by atoms with Crippen molar-refractivity contribution in [2.24, 2.45) is 0 Å². The van der Waals surface area contributed by atoms with Crippen LogP contribution in [0.5, 0.6) is 0 Å². The zero-order valence-electron chi connectivity index (χ0n) is 29.8. The van der Waals surface area contributed by atoms with Crippen LogP contribution < -0.4 is 10.6 Å². The molecular formula is C40H44N2O12. The van der Waals surface area contributed by atoms with Crippen LogP contribution >= 0.6 is 0 Å². The van der Waals surface area contributed by atoms with Crippen LogP contribution in [0.3, 0.4) is 0 Å². The smallest absolute Gasteiger partial charge is 0.342 e. The van der Waals surface area contributed by atoms with Crippen molar-refractivity contribution in [1.82, 2.24) is 10.6 Å². The molecular weight excluding hydrogens is 700 g/mol. The zero-order valence-corrected chi connectivity index (χ0v) is 29.8. The average Bonchev–Trinajstić information content (AvgIpc) is 3.20. The van der Waals surface area contributed by atoms with E-state index >= 15 is 0 Å². The lowest BCUT2D eigenvalue weighted by atomic mass is 9.83. The SMILES string of the molecule is O=Cc1cccc(-c2ccc(C(=O)NCCCCCCCC(=O)OO)c(C(=O)NCCCCCCCC(=O)OO)c2-c2cccc(C=O)c2C=O)c1C=O. The molecule has 0 heterocycles. The van der Waals surface area contributed by atoms with E-state index in [4.69, 9.17) is 10.5 Å². The van der Waals surface area contributed by atoms with E-state index in [-0.39, 0.29) is 81.6 Å². The summed E-state index contributed by atoms with van der Waals surface area (Å²) in [5.74, 6) is -2.66. The van der Waals surface area contributed by atoms with Gasteiger partial charge >= 0.3 is 11.9 Å². The molecule has 0 aromatic heterocycles. The summed E-state index contributed by atoms with van der Waals surface area (Å²) in [4.78, 5) is 107. The maximum absolute atomic E-state index is 14.3. The minimum absolute atomic E-state index is 0.0250. The Morgan fingerprint density at radius 2 is 0.981 bits per heavy atom. The summed E-state index contributed by atoms with van der Waals surface area (Å²) in [6.07, 6.45) is 8.69. The zero-order chi connectivity index (χ0) is 39.3. The highest BCUT2D eigenvalue weighted by Crippen LogP contribution is 2.40. The molecule has 14 heteroatoms. The number of nitrogens with one attached hydrogen (secondary N) is 2. The highest BCUT2D eigenvalue weighted by Gasteiger charge is 2.28. The number of benzene rings is 3. The van der Waals surface area contributed by atoms with E-state index in [0.717, 1.165) is 19.3 Å². The molecule has 0 aliphatic rings. The van der Waals surface area contributed by atoms with E-state index < -0.39 is 23.8 Å². The molecule has 286 valence electrons. The summed E-state index contributed by atoms with van der Waals surface area (Å²) in [5.41, 5.74) is 0.747. The molecule has 0 fully saturated rings. The van der Waals surface area contributed by atoms with Gasteiger partial charge < -0.3 is 20.4 Å². The Bertz CT molecular complexity index is 1820. The van der Waals surface area contributed by atoms with E-state index in [2.05, 4.69) is 20.4 Å². The second-order valence-corrected chi connectivity index (χ2v) is 12.5. The Morgan fingerprint density at radius 1 is 0.519 bits per heavy atom. The van der Waals surface area contributed by atoms with Crippen LogP contribution in [0.2, 0.25) is 0 Å². The quantitative estimate of drug-likeness (QED) is 0.0337. The predicted molar refractivity (Wildman–Crippen MR) is 196 cm³/mol. The topological polar surface area (TPSA) is 220 Å². The van der Waals surface area contributed by atoms with Crippen LogP contribution in [0.4, 0.5) is 0 Å². The molecule has 3 rings (SSSR count). The minimum Gasteiger partial charge on any atom is -0.352 e. The van der Waals surface area contributed by atoms with Crippen molar-refractivity contribution < 1.29 is 58.6 Å². The molecule has 54 heavy (non-hydrogen) atoms. The minimum atomic E-state index is -0.713. The fourth-order valence-electron chi connectivity index (χ4n) is 6.15. The summed E-state index contributed by atoms with van der Waals surface area (Å²) in [7, 11) is 0. The fourth-order valence-corrected chi connectivity index (χ4v) is 6.15. The molecule has 0 radical (unpaired) electrons. The molecule has 0 aliphatic carbocycles. The Balaban J connectivity index is 2.04. The first-order valence-corrected chi connectivity index (χ1v) is 17.8. The first-order chi connectivity index (χ1) is 26.3. The molecule has 0 saturated heterocycles. The van der Waals surface area contributed by atoms with Crippen LogP contribution in [-0.4, -0.2) is 72.5 Å². The van der Waals surface area contributed by atoms with E-state index in [9.17, 15) is 38.4 Å². The summed E-state index contributed by atoms with van der Waals surface area (Å²) in [6, 6.07) is 12.1. The molecule has 0 atom stereocenters. The second-order valence-electron chi connectivity index (χ2n) is 12.5. The maximum atomic E-state index is 14.3. The molecule has 0 unspecified atom stereocenters. The van der Waals surface area contributed by atoms with Gasteiger partial charge in [-0.15, -0.1) is 0 Å². The number of amides is 2. The van der Waals surface area contributed by atoms with Gasteiger partial charge in [-0.3, -0.25) is 28.8 Å². The van der Waals surface area contributed by atoms with Gasteiger partial charge in [0.25, 0.3) is 11.8 Å². The van der Waals surface area contributed by atoms with Crippen LogP contribution in [0.25, 0.3) is 22.3 Å². The third kappa shape index (κ3) is 11.8. The van der Waals surface area contributed by atoms with Crippen LogP contribution in [-0.2, 0) is 19.4 Å². The number of aldehydes is 4. The molecule has 3 aromatic carbocycles. The number of hydrogen-bond acceptors (Lipinski definition) is 12. The largest absolute Gasteiger partial charge is 0.352 e. The third-order valence-electron chi connectivity index (χ3n) is 8.90. The van der Waals surface area contributed by atoms with Crippen LogP contribution in [0.1, 0.15) is 139 Å². The Kier molecular flexibility index (Phi) is 18.1. The van der Waals surface area contributed by atoms with Gasteiger partial charge in [0.05, 0.1) is 11.1 Å². The monoisotopic (exact) mass is 744 g/mol. The Hall–Kier alpha value is -5.86. The first-order valence-electron chi connectivity index (χ1n) is 17.8. The number of unbranched alkanes of at least 4 members (excludes halogenated alkanes) is 8. The molecule has 3 aromatic rings. The van der Waals surface area contributed by atoms with Crippen molar-refractivity contribution in [3.8, 4) is 22.3 Å². The second kappa shape index (κ2) is 22.9. The predicted octanol–water partition coefficient (Wildman–Crippen LogP) is 6.44. The number of carbonyl (C=O) groups excluding carboxylic acids is 8. The van der Waals surface area contributed by atoms with Gasteiger partial charge in [-0.05, 0) is 48.4 Å². The van der Waals surface area contributed by atoms with Gasteiger partial charge in [-0.25, -0.2) is 9.59 Å². The van der Waals surface area contributed by atoms with Crippen LogP contribution in [0, 0.1) is 0 Å². The van der Waals surface area contributed by atoms with Crippen molar-refractivity contribution in [3.63, 3.8) is 0 Å². The standard InChI is InChI=1S/C40H44N2O12/c43-23-27-13-11-15-29(33(27)25-45)31-19-20-32(39(49)41-21-9-5-1-3-7-17-35(47)53-51)38(37(31)30-16-12-14-28(24-44)34(30)26-46)40(50)42-22-10-6-2-4-8-18-36(48)54-52/h11-16,19-20,23-26,51-52H,1-10,17-18,21-22H2,(H,41,49)(H,42,50). The maximum Gasteiger partial charge on any atom is 0.342 e. The van der Waals surface area contributed by atoms with E-state index in [0.29, 0.717) is 70.1 Å². The lowest BCUT2D eigenvalue weighted by Crippen LogP contribution is -2.31. The summed E-state index contributed by atoms with van der Waals surface area (Å²) in [6.45, 7) is 0.454. The highest BCUT2D eigenvalue weighted by atomic mass is 17.1. The first kappa shape index (κ1) is 42.6. The van der Waals surface area contributed by atoms with E-state index in [1.54, 1.807) is 12.1 Å². The van der Waals surface area contributed by atoms with E-state index in [1.165, 1.54) is 36.4 Å². The molecule has 4 N–H and O–H groups in total. The number of rotatable bonds is 24. The normalized spacial score (nSPS) is 10.6. The van der Waals surface area contributed by atoms with Crippen molar-refractivity contribution in [3.05, 3.63) is 81.9 Å². The summed E-state index contributed by atoms with van der Waals surface area (Å²) in [5, 5.41) is 22.5.